The number of thiocarbonyl (C=S) groups is 1. The summed E-state index contributed by atoms with van der Waals surface area (Å²) >= 11 is 11.8. The highest BCUT2D eigenvalue weighted by molar-refractivity contribution is 7.80. The Hall–Kier alpha value is -2.87. The molecular weight excluding hydrogens is 374 g/mol. The molecule has 3 rings (SSSR count). The molecule has 0 radical (unpaired) electrons. The molecule has 0 aliphatic carbocycles. The van der Waals surface area contributed by atoms with Crippen molar-refractivity contribution >= 4 is 34.6 Å². The second-order valence-corrected chi connectivity index (χ2v) is 6.82. The molecule has 0 aliphatic heterocycles. The first-order chi connectivity index (χ1) is 13.2. The summed E-state index contributed by atoms with van der Waals surface area (Å²) < 4.78 is 0. The van der Waals surface area contributed by atoms with E-state index in [-0.39, 0.29) is 0 Å². The maximum absolute atomic E-state index is 9.60. The first-order valence-electron chi connectivity index (χ1n) is 8.50. The van der Waals surface area contributed by atoms with E-state index in [0.29, 0.717) is 16.7 Å². The van der Waals surface area contributed by atoms with Crippen LogP contribution in [0.1, 0.15) is 22.6 Å². The Balaban J connectivity index is 1.67. The molecule has 0 saturated carbocycles. The van der Waals surface area contributed by atoms with Crippen LogP contribution < -0.4 is 10.6 Å². The first-order valence-corrected chi connectivity index (χ1v) is 9.29. The standard InChI is InChI=1S/C22H18ClN3S/c23-21-13-18(26-22(27)25-15-16-7-3-1-4-8-16)11-12-19(21)20(14-24)17-9-5-2-6-10-17/h1-13,20H,15H2,(H2,25,26,27)/t20-/m1/s1. The maximum atomic E-state index is 9.60. The monoisotopic (exact) mass is 391 g/mol. The summed E-state index contributed by atoms with van der Waals surface area (Å²) in [6.45, 7) is 0.642. The SMILES string of the molecule is N#C[C@H](c1ccccc1)c1ccc(NC(=S)NCc2ccccc2)cc1Cl. The van der Waals surface area contributed by atoms with Crippen molar-refractivity contribution in [3.05, 3.63) is 101 Å². The van der Waals surface area contributed by atoms with Crippen molar-refractivity contribution < 1.29 is 0 Å². The highest BCUT2D eigenvalue weighted by Gasteiger charge is 2.16. The Labute approximate surface area is 169 Å². The third-order valence-electron chi connectivity index (χ3n) is 4.13. The highest BCUT2D eigenvalue weighted by Crippen LogP contribution is 2.31. The van der Waals surface area contributed by atoms with Gasteiger partial charge in [-0.2, -0.15) is 5.26 Å². The van der Waals surface area contributed by atoms with Crippen molar-refractivity contribution in [2.75, 3.05) is 5.32 Å². The molecule has 0 aromatic heterocycles. The average molecular weight is 392 g/mol. The molecule has 3 aromatic rings. The normalized spacial score (nSPS) is 11.3. The van der Waals surface area contributed by atoms with Gasteiger partial charge in [0.2, 0.25) is 0 Å². The minimum absolute atomic E-state index is 0.407. The quantitative estimate of drug-likeness (QED) is 0.565. The summed E-state index contributed by atoms with van der Waals surface area (Å²) in [5.41, 5.74) is 3.62. The van der Waals surface area contributed by atoms with E-state index in [1.54, 1.807) is 6.07 Å². The van der Waals surface area contributed by atoms with Crippen molar-refractivity contribution in [1.29, 1.82) is 5.26 Å². The summed E-state index contributed by atoms with van der Waals surface area (Å²) in [6, 6.07) is 27.5. The van der Waals surface area contributed by atoms with Gasteiger partial charge in [-0.15, -0.1) is 0 Å². The molecule has 5 heteroatoms. The Bertz CT molecular complexity index is 952. The lowest BCUT2D eigenvalue weighted by molar-refractivity contribution is 0.926. The number of anilines is 1. The zero-order chi connectivity index (χ0) is 19.1. The Morgan fingerprint density at radius 2 is 1.67 bits per heavy atom. The molecule has 0 saturated heterocycles. The lowest BCUT2D eigenvalue weighted by Crippen LogP contribution is -2.27. The molecule has 0 heterocycles. The van der Waals surface area contributed by atoms with Crippen molar-refractivity contribution in [3.8, 4) is 6.07 Å². The predicted molar refractivity (Wildman–Crippen MR) is 115 cm³/mol. The number of rotatable bonds is 5. The molecule has 0 unspecified atom stereocenters. The van der Waals surface area contributed by atoms with Crippen molar-refractivity contribution in [2.45, 2.75) is 12.5 Å². The second-order valence-electron chi connectivity index (χ2n) is 6.00. The summed E-state index contributed by atoms with van der Waals surface area (Å²) in [7, 11) is 0. The minimum Gasteiger partial charge on any atom is -0.358 e. The van der Waals surface area contributed by atoms with E-state index in [1.165, 1.54) is 0 Å². The van der Waals surface area contributed by atoms with E-state index in [0.717, 1.165) is 22.4 Å². The molecule has 3 nitrogen and oxygen atoms in total. The van der Waals surface area contributed by atoms with Crippen LogP contribution in [0.15, 0.2) is 78.9 Å². The minimum atomic E-state index is -0.407. The smallest absolute Gasteiger partial charge is 0.171 e. The number of nitrogens with one attached hydrogen (secondary N) is 2. The van der Waals surface area contributed by atoms with Crippen LogP contribution in [0, 0.1) is 11.3 Å². The van der Waals surface area contributed by atoms with Crippen molar-refractivity contribution in [1.82, 2.24) is 5.32 Å². The number of benzene rings is 3. The topological polar surface area (TPSA) is 47.9 Å². The third-order valence-corrected chi connectivity index (χ3v) is 4.70. The van der Waals surface area contributed by atoms with Crippen LogP contribution in [0.5, 0.6) is 0 Å². The van der Waals surface area contributed by atoms with Gasteiger partial charge in [-0.1, -0.05) is 78.3 Å². The van der Waals surface area contributed by atoms with Gasteiger partial charge in [-0.3, -0.25) is 0 Å². The highest BCUT2D eigenvalue weighted by atomic mass is 35.5. The Morgan fingerprint density at radius 1 is 1.00 bits per heavy atom. The number of hydrogen-bond acceptors (Lipinski definition) is 2. The molecule has 0 amide bonds. The Morgan fingerprint density at radius 3 is 2.30 bits per heavy atom. The molecule has 0 fully saturated rings. The van der Waals surface area contributed by atoms with Gasteiger partial charge in [-0.05, 0) is 41.0 Å². The van der Waals surface area contributed by atoms with Crippen LogP contribution in [-0.4, -0.2) is 5.11 Å². The van der Waals surface area contributed by atoms with Gasteiger partial charge in [0, 0.05) is 17.3 Å². The largest absolute Gasteiger partial charge is 0.358 e. The molecule has 134 valence electrons. The van der Waals surface area contributed by atoms with Gasteiger partial charge in [0.25, 0.3) is 0 Å². The van der Waals surface area contributed by atoms with Crippen molar-refractivity contribution in [2.24, 2.45) is 0 Å². The maximum Gasteiger partial charge on any atom is 0.171 e. The molecule has 3 aromatic carbocycles. The van der Waals surface area contributed by atoms with E-state index < -0.39 is 5.92 Å². The third kappa shape index (κ3) is 5.07. The zero-order valence-corrected chi connectivity index (χ0v) is 16.1. The van der Waals surface area contributed by atoms with Crippen LogP contribution >= 0.6 is 23.8 Å². The fourth-order valence-corrected chi connectivity index (χ4v) is 3.24. The molecule has 0 bridgehead atoms. The van der Waals surface area contributed by atoms with E-state index in [4.69, 9.17) is 23.8 Å². The molecule has 27 heavy (non-hydrogen) atoms. The molecule has 0 aliphatic rings. The van der Waals surface area contributed by atoms with Crippen LogP contribution in [0.4, 0.5) is 5.69 Å². The molecule has 1 atom stereocenters. The van der Waals surface area contributed by atoms with Crippen LogP contribution in [0.2, 0.25) is 5.02 Å². The van der Waals surface area contributed by atoms with Crippen molar-refractivity contribution in [3.63, 3.8) is 0 Å². The van der Waals surface area contributed by atoms with Gasteiger partial charge in [0.05, 0.1) is 12.0 Å². The number of nitrogens with zero attached hydrogens (tertiary/aromatic N) is 1. The van der Waals surface area contributed by atoms with E-state index in [9.17, 15) is 5.26 Å². The predicted octanol–water partition coefficient (Wildman–Crippen LogP) is 5.48. The van der Waals surface area contributed by atoms with Gasteiger partial charge in [0.15, 0.2) is 5.11 Å². The average Bonchev–Trinajstić information content (AvgIpc) is 2.70. The molecule has 0 spiro atoms. The molecular formula is C22H18ClN3S. The lowest BCUT2D eigenvalue weighted by atomic mass is 9.92. The Kier molecular flexibility index (Phi) is 6.43. The zero-order valence-electron chi connectivity index (χ0n) is 14.5. The van der Waals surface area contributed by atoms with Gasteiger partial charge in [-0.25, -0.2) is 0 Å². The summed E-state index contributed by atoms with van der Waals surface area (Å²) in [6.07, 6.45) is 0. The van der Waals surface area contributed by atoms with E-state index >= 15 is 0 Å². The van der Waals surface area contributed by atoms with E-state index in [2.05, 4.69) is 16.7 Å². The lowest BCUT2D eigenvalue weighted by Gasteiger charge is -2.15. The fraction of sp³-hybridized carbons (Fsp3) is 0.0909. The first kappa shape index (κ1) is 18.9. The summed E-state index contributed by atoms with van der Waals surface area (Å²) in [5, 5.41) is 16.9. The number of halogens is 1. The summed E-state index contributed by atoms with van der Waals surface area (Å²) in [5.74, 6) is -0.407. The van der Waals surface area contributed by atoms with Gasteiger partial charge in [0.1, 0.15) is 0 Å². The molecule has 2 N–H and O–H groups in total. The number of hydrogen-bond donors (Lipinski definition) is 2. The van der Waals surface area contributed by atoms with E-state index in [1.807, 2.05) is 72.8 Å². The second kappa shape index (κ2) is 9.18. The number of nitriles is 1. The van der Waals surface area contributed by atoms with Crippen LogP contribution in [-0.2, 0) is 6.54 Å². The fourth-order valence-electron chi connectivity index (χ4n) is 2.76. The summed E-state index contributed by atoms with van der Waals surface area (Å²) in [4.78, 5) is 0. The van der Waals surface area contributed by atoms with Gasteiger partial charge >= 0.3 is 0 Å². The van der Waals surface area contributed by atoms with Crippen LogP contribution in [0.3, 0.4) is 0 Å². The van der Waals surface area contributed by atoms with Gasteiger partial charge < -0.3 is 10.6 Å². The van der Waals surface area contributed by atoms with Crippen LogP contribution in [0.25, 0.3) is 0 Å².